The van der Waals surface area contributed by atoms with Crippen molar-refractivity contribution in [3.63, 3.8) is 0 Å². The molecule has 174 valence electrons. The van der Waals surface area contributed by atoms with Crippen molar-refractivity contribution in [1.29, 1.82) is 0 Å². The van der Waals surface area contributed by atoms with Crippen LogP contribution < -0.4 is 4.74 Å². The topological polar surface area (TPSA) is 84.7 Å². The Labute approximate surface area is 194 Å². The molecule has 0 spiro atoms. The number of hydrogen-bond donors (Lipinski definition) is 1. The molecule has 0 atom stereocenters. The Balaban J connectivity index is 2.00. The second-order valence-corrected chi connectivity index (χ2v) is 9.28. The Morgan fingerprint density at radius 3 is 2.15 bits per heavy atom. The molecule has 0 saturated heterocycles. The largest absolute Gasteiger partial charge is 0.497 e. The van der Waals surface area contributed by atoms with Crippen molar-refractivity contribution in [3.05, 3.63) is 65.9 Å². The minimum atomic E-state index is -0.957. The summed E-state index contributed by atoms with van der Waals surface area (Å²) in [6.07, 6.45) is -0.957. The van der Waals surface area contributed by atoms with Gasteiger partial charge in [-0.05, 0) is 56.7 Å². The Bertz CT molecular complexity index is 1120. The molecular formula is C26H31N3O4. The zero-order valence-corrected chi connectivity index (χ0v) is 20.0. The third kappa shape index (κ3) is 5.42. The summed E-state index contributed by atoms with van der Waals surface area (Å²) in [5.74, 6) is 0.540. The predicted octanol–water partition coefficient (Wildman–Crippen LogP) is 5.67. The lowest BCUT2D eigenvalue weighted by Gasteiger charge is -2.33. The van der Waals surface area contributed by atoms with Crippen LogP contribution in [0.15, 0.2) is 54.6 Å². The van der Waals surface area contributed by atoms with Gasteiger partial charge in [-0.15, -0.1) is 0 Å². The third-order valence-electron chi connectivity index (χ3n) is 5.43. The maximum Gasteiger partial charge on any atom is 0.408 e. The number of ether oxygens (including phenoxy) is 1. The summed E-state index contributed by atoms with van der Waals surface area (Å²) in [4.78, 5) is 25.7. The van der Waals surface area contributed by atoms with Crippen molar-refractivity contribution in [2.75, 3.05) is 7.11 Å². The number of rotatable bonds is 7. The quantitative estimate of drug-likeness (QED) is 0.470. The molecule has 0 saturated carbocycles. The van der Waals surface area contributed by atoms with Crippen LogP contribution in [0.5, 0.6) is 5.75 Å². The Hall–Kier alpha value is -3.61. The highest BCUT2D eigenvalue weighted by molar-refractivity contribution is 5.96. The molecule has 0 unspecified atom stereocenters. The van der Waals surface area contributed by atoms with E-state index in [0.717, 1.165) is 28.3 Å². The fourth-order valence-corrected chi connectivity index (χ4v) is 3.48. The van der Waals surface area contributed by atoms with Crippen LogP contribution in [0, 0.1) is 5.92 Å². The van der Waals surface area contributed by atoms with Gasteiger partial charge in [0.05, 0.1) is 18.5 Å². The smallest absolute Gasteiger partial charge is 0.408 e. The summed E-state index contributed by atoms with van der Waals surface area (Å²) in [5, 5.41) is 14.2. The Morgan fingerprint density at radius 1 is 1.06 bits per heavy atom. The summed E-state index contributed by atoms with van der Waals surface area (Å²) < 4.78 is 7.00. The number of carboxylic acid groups (broad SMARTS) is 1. The minimum Gasteiger partial charge on any atom is -0.497 e. The normalized spacial score (nSPS) is 11.5. The molecule has 7 heteroatoms. The molecule has 1 heterocycles. The number of aromatic nitrogens is 2. The number of carbonyl (C=O) groups is 2. The van der Waals surface area contributed by atoms with Gasteiger partial charge >= 0.3 is 6.09 Å². The second kappa shape index (κ2) is 9.48. The lowest BCUT2D eigenvalue weighted by Crippen LogP contribution is -2.44. The minimum absolute atomic E-state index is 0.0255. The molecular weight excluding hydrogens is 418 g/mol. The van der Waals surface area contributed by atoms with E-state index in [1.807, 2.05) is 83.1 Å². The number of methoxy groups -OCH3 is 1. The lowest BCUT2D eigenvalue weighted by atomic mass is 10.0. The van der Waals surface area contributed by atoms with Gasteiger partial charge in [-0.2, -0.15) is 5.10 Å². The van der Waals surface area contributed by atoms with Gasteiger partial charge in [-0.3, -0.25) is 9.69 Å². The van der Waals surface area contributed by atoms with E-state index in [4.69, 9.17) is 4.74 Å². The van der Waals surface area contributed by atoms with E-state index in [1.54, 1.807) is 17.9 Å². The van der Waals surface area contributed by atoms with Crippen molar-refractivity contribution in [1.82, 2.24) is 14.7 Å². The zero-order chi connectivity index (χ0) is 24.3. The molecule has 0 aliphatic heterocycles. The molecule has 1 N–H and O–H groups in total. The predicted molar refractivity (Wildman–Crippen MR) is 128 cm³/mol. The molecule has 1 aromatic heterocycles. The number of hydrogen-bond acceptors (Lipinski definition) is 4. The first-order chi connectivity index (χ1) is 15.5. The zero-order valence-electron chi connectivity index (χ0n) is 20.0. The highest BCUT2D eigenvalue weighted by Gasteiger charge is 2.26. The summed E-state index contributed by atoms with van der Waals surface area (Å²) >= 11 is 0. The summed E-state index contributed by atoms with van der Waals surface area (Å²) in [6.45, 7) is 9.61. The number of benzene rings is 2. The molecule has 2 aromatic carbocycles. The molecule has 0 radical (unpaired) electrons. The fraction of sp³-hybridized carbons (Fsp3) is 0.346. The van der Waals surface area contributed by atoms with Crippen LogP contribution in [-0.4, -0.2) is 44.3 Å². The van der Waals surface area contributed by atoms with E-state index in [0.29, 0.717) is 5.69 Å². The van der Waals surface area contributed by atoms with Crippen molar-refractivity contribution >= 4 is 11.9 Å². The molecule has 0 aliphatic rings. The highest BCUT2D eigenvalue weighted by Crippen LogP contribution is 2.27. The van der Waals surface area contributed by atoms with Gasteiger partial charge in [0.2, 0.25) is 0 Å². The van der Waals surface area contributed by atoms with Gasteiger partial charge in [0.1, 0.15) is 11.4 Å². The molecule has 7 nitrogen and oxygen atoms in total. The standard InChI is InChI=1S/C26H31N3O4/c1-17(2)24(30)22-15-23(29(27-22)20-11-13-21(33-6)14-12-20)19-9-7-18(8-10-19)16-28(25(31)32)26(3,4)5/h7-15,17H,16H2,1-6H3,(H,31,32). The SMILES string of the molecule is COc1ccc(-n2nc(C(=O)C(C)C)cc2-c2ccc(CN(C(=O)O)C(C)(C)C)cc2)cc1. The van der Waals surface area contributed by atoms with Crippen molar-refractivity contribution < 1.29 is 19.4 Å². The van der Waals surface area contributed by atoms with Crippen molar-refractivity contribution in [2.24, 2.45) is 5.92 Å². The van der Waals surface area contributed by atoms with Crippen LogP contribution in [-0.2, 0) is 6.54 Å². The maximum absolute atomic E-state index is 12.6. The molecule has 1 amide bonds. The van der Waals surface area contributed by atoms with Gasteiger partial charge in [-0.25, -0.2) is 9.48 Å². The average molecular weight is 450 g/mol. The lowest BCUT2D eigenvalue weighted by molar-refractivity contribution is 0.0930. The van der Waals surface area contributed by atoms with Crippen LogP contribution in [0.25, 0.3) is 16.9 Å². The fourth-order valence-electron chi connectivity index (χ4n) is 3.48. The van der Waals surface area contributed by atoms with Crippen LogP contribution >= 0.6 is 0 Å². The van der Waals surface area contributed by atoms with Crippen molar-refractivity contribution in [3.8, 4) is 22.7 Å². The molecule has 0 fully saturated rings. The van der Waals surface area contributed by atoms with E-state index < -0.39 is 11.6 Å². The first kappa shape index (κ1) is 24.0. The first-order valence-corrected chi connectivity index (χ1v) is 10.9. The number of carbonyl (C=O) groups excluding carboxylic acids is 1. The number of Topliss-reactive ketones (excluding diaryl/α,β-unsaturated/α-hetero) is 1. The summed E-state index contributed by atoms with van der Waals surface area (Å²) in [5.41, 5.74) is 3.24. The van der Waals surface area contributed by atoms with Gasteiger partial charge in [0.25, 0.3) is 0 Å². The van der Waals surface area contributed by atoms with Gasteiger partial charge in [0.15, 0.2) is 5.78 Å². The number of ketones is 1. The third-order valence-corrected chi connectivity index (χ3v) is 5.43. The summed E-state index contributed by atoms with van der Waals surface area (Å²) in [7, 11) is 1.61. The summed E-state index contributed by atoms with van der Waals surface area (Å²) in [6, 6.07) is 17.0. The maximum atomic E-state index is 12.6. The average Bonchev–Trinajstić information content (AvgIpc) is 3.21. The van der Waals surface area contributed by atoms with E-state index >= 15 is 0 Å². The number of nitrogens with zero attached hydrogens (tertiary/aromatic N) is 3. The van der Waals surface area contributed by atoms with Crippen LogP contribution in [0.4, 0.5) is 4.79 Å². The molecule has 0 aliphatic carbocycles. The first-order valence-electron chi connectivity index (χ1n) is 10.9. The van der Waals surface area contributed by atoms with Gasteiger partial charge < -0.3 is 9.84 Å². The molecule has 3 aromatic rings. The Kier molecular flexibility index (Phi) is 6.91. The van der Waals surface area contributed by atoms with Crippen molar-refractivity contribution in [2.45, 2.75) is 46.7 Å². The van der Waals surface area contributed by atoms with E-state index in [-0.39, 0.29) is 18.2 Å². The van der Waals surface area contributed by atoms with Crippen LogP contribution in [0.1, 0.15) is 50.7 Å². The molecule has 33 heavy (non-hydrogen) atoms. The van der Waals surface area contributed by atoms with Crippen LogP contribution in [0.2, 0.25) is 0 Å². The number of amides is 1. The Morgan fingerprint density at radius 2 is 1.67 bits per heavy atom. The van der Waals surface area contributed by atoms with Gasteiger partial charge in [0, 0.05) is 23.6 Å². The van der Waals surface area contributed by atoms with Gasteiger partial charge in [-0.1, -0.05) is 38.1 Å². The second-order valence-electron chi connectivity index (χ2n) is 9.28. The molecule has 0 bridgehead atoms. The van der Waals surface area contributed by atoms with E-state index in [9.17, 15) is 14.7 Å². The highest BCUT2D eigenvalue weighted by atomic mass is 16.5. The monoisotopic (exact) mass is 449 g/mol. The van der Waals surface area contributed by atoms with E-state index in [1.165, 1.54) is 4.90 Å². The van der Waals surface area contributed by atoms with E-state index in [2.05, 4.69) is 5.10 Å². The van der Waals surface area contributed by atoms with Crippen LogP contribution in [0.3, 0.4) is 0 Å². The molecule has 3 rings (SSSR count).